The standard InChI is InChI=1S/C11H16BrN3O3/c1-3-4-11(2,16)7-14-10-9(15(17)18)5-8(12)6-13-10/h5-6,16H,3-4,7H2,1-2H3,(H,13,14). The molecule has 0 aliphatic carbocycles. The zero-order chi connectivity index (χ0) is 13.8. The molecular formula is C11H16BrN3O3. The van der Waals surface area contributed by atoms with Crippen LogP contribution in [-0.4, -0.2) is 27.2 Å². The maximum absolute atomic E-state index is 10.9. The number of hydrogen-bond donors (Lipinski definition) is 2. The predicted octanol–water partition coefficient (Wildman–Crippen LogP) is 2.72. The predicted molar refractivity (Wildman–Crippen MR) is 72.6 cm³/mol. The summed E-state index contributed by atoms with van der Waals surface area (Å²) in [7, 11) is 0. The molecule has 1 rings (SSSR count). The van der Waals surface area contributed by atoms with E-state index in [1.807, 2.05) is 6.92 Å². The SMILES string of the molecule is CCCC(C)(O)CNc1ncc(Br)cc1[N+](=O)[O-]. The first-order chi connectivity index (χ1) is 8.35. The van der Waals surface area contributed by atoms with E-state index in [4.69, 9.17) is 0 Å². The van der Waals surface area contributed by atoms with Crippen LogP contribution in [0.4, 0.5) is 11.5 Å². The third-order valence-corrected chi connectivity index (χ3v) is 2.89. The third-order valence-electron chi connectivity index (χ3n) is 2.46. The van der Waals surface area contributed by atoms with Crippen LogP contribution in [0.1, 0.15) is 26.7 Å². The molecule has 0 amide bonds. The quantitative estimate of drug-likeness (QED) is 0.622. The summed E-state index contributed by atoms with van der Waals surface area (Å²) in [5.41, 5.74) is -1.02. The summed E-state index contributed by atoms with van der Waals surface area (Å²) in [5, 5.41) is 23.7. The van der Waals surface area contributed by atoms with Crippen LogP contribution >= 0.6 is 15.9 Å². The van der Waals surface area contributed by atoms with Crippen molar-refractivity contribution in [3.8, 4) is 0 Å². The fourth-order valence-corrected chi connectivity index (χ4v) is 1.92. The second-order valence-electron chi connectivity index (χ2n) is 4.38. The second-order valence-corrected chi connectivity index (χ2v) is 5.29. The first-order valence-corrected chi connectivity index (χ1v) is 6.41. The smallest absolute Gasteiger partial charge is 0.312 e. The summed E-state index contributed by atoms with van der Waals surface area (Å²) in [4.78, 5) is 14.3. The monoisotopic (exact) mass is 317 g/mol. The van der Waals surface area contributed by atoms with Gasteiger partial charge in [-0.3, -0.25) is 10.1 Å². The lowest BCUT2D eigenvalue weighted by Gasteiger charge is -2.23. The van der Waals surface area contributed by atoms with Gasteiger partial charge in [-0.05, 0) is 29.3 Å². The molecule has 0 aromatic carbocycles. The first kappa shape index (κ1) is 14.8. The van der Waals surface area contributed by atoms with Gasteiger partial charge < -0.3 is 10.4 Å². The van der Waals surface area contributed by atoms with Crippen molar-refractivity contribution >= 4 is 27.4 Å². The van der Waals surface area contributed by atoms with Crippen LogP contribution in [0.15, 0.2) is 16.7 Å². The molecule has 0 saturated carbocycles. The van der Waals surface area contributed by atoms with Crippen LogP contribution in [0.5, 0.6) is 0 Å². The van der Waals surface area contributed by atoms with Crippen molar-refractivity contribution in [3.63, 3.8) is 0 Å². The van der Waals surface area contributed by atoms with E-state index in [2.05, 4.69) is 26.2 Å². The van der Waals surface area contributed by atoms with E-state index in [0.717, 1.165) is 6.42 Å². The molecule has 1 unspecified atom stereocenters. The van der Waals surface area contributed by atoms with Crippen LogP contribution in [0, 0.1) is 10.1 Å². The highest BCUT2D eigenvalue weighted by atomic mass is 79.9. The minimum absolute atomic E-state index is 0.114. The van der Waals surface area contributed by atoms with Crippen molar-refractivity contribution < 1.29 is 10.0 Å². The molecule has 0 aliphatic rings. The van der Waals surface area contributed by atoms with Crippen LogP contribution in [0.3, 0.4) is 0 Å². The van der Waals surface area contributed by atoms with E-state index in [-0.39, 0.29) is 18.1 Å². The molecule has 0 aliphatic heterocycles. The molecule has 18 heavy (non-hydrogen) atoms. The minimum Gasteiger partial charge on any atom is -0.388 e. The van der Waals surface area contributed by atoms with Crippen molar-refractivity contribution in [1.29, 1.82) is 0 Å². The van der Waals surface area contributed by atoms with E-state index >= 15 is 0 Å². The van der Waals surface area contributed by atoms with Crippen molar-refractivity contribution in [2.45, 2.75) is 32.3 Å². The summed E-state index contributed by atoms with van der Waals surface area (Å²) < 4.78 is 0.542. The van der Waals surface area contributed by atoms with E-state index in [9.17, 15) is 15.2 Å². The minimum atomic E-state index is -0.905. The van der Waals surface area contributed by atoms with Crippen LogP contribution < -0.4 is 5.32 Å². The lowest BCUT2D eigenvalue weighted by Crippen LogP contribution is -2.33. The van der Waals surface area contributed by atoms with E-state index in [1.165, 1.54) is 12.3 Å². The highest BCUT2D eigenvalue weighted by Crippen LogP contribution is 2.26. The van der Waals surface area contributed by atoms with Crippen LogP contribution in [-0.2, 0) is 0 Å². The Hall–Kier alpha value is -1.21. The molecule has 1 atom stereocenters. The third kappa shape index (κ3) is 4.23. The lowest BCUT2D eigenvalue weighted by atomic mass is 10.0. The van der Waals surface area contributed by atoms with Gasteiger partial charge in [0, 0.05) is 23.3 Å². The number of aromatic nitrogens is 1. The molecule has 0 bridgehead atoms. The zero-order valence-electron chi connectivity index (χ0n) is 10.3. The highest BCUT2D eigenvalue weighted by molar-refractivity contribution is 9.10. The molecule has 100 valence electrons. The summed E-state index contributed by atoms with van der Waals surface area (Å²) in [6.07, 6.45) is 2.93. The van der Waals surface area contributed by atoms with Gasteiger partial charge in [0.2, 0.25) is 5.82 Å². The Labute approximate surface area is 114 Å². The van der Waals surface area contributed by atoms with Gasteiger partial charge in [0.1, 0.15) is 0 Å². The van der Waals surface area contributed by atoms with Crippen molar-refractivity contribution in [2.24, 2.45) is 0 Å². The molecule has 7 heteroatoms. The highest BCUT2D eigenvalue weighted by Gasteiger charge is 2.22. The molecule has 6 nitrogen and oxygen atoms in total. The topological polar surface area (TPSA) is 88.3 Å². The molecule has 0 radical (unpaired) electrons. The van der Waals surface area contributed by atoms with Gasteiger partial charge in [-0.1, -0.05) is 13.3 Å². The van der Waals surface area contributed by atoms with Gasteiger partial charge in [-0.15, -0.1) is 0 Å². The second kappa shape index (κ2) is 6.10. The van der Waals surface area contributed by atoms with Crippen molar-refractivity contribution in [2.75, 3.05) is 11.9 Å². The van der Waals surface area contributed by atoms with Gasteiger partial charge in [0.05, 0.1) is 10.5 Å². The Morgan fingerprint density at radius 2 is 2.33 bits per heavy atom. The summed E-state index contributed by atoms with van der Waals surface area (Å²) in [5.74, 6) is 0.166. The van der Waals surface area contributed by atoms with Crippen LogP contribution in [0.2, 0.25) is 0 Å². The number of anilines is 1. The van der Waals surface area contributed by atoms with E-state index < -0.39 is 10.5 Å². The number of aliphatic hydroxyl groups is 1. The van der Waals surface area contributed by atoms with Crippen molar-refractivity contribution in [3.05, 3.63) is 26.9 Å². The van der Waals surface area contributed by atoms with E-state index in [0.29, 0.717) is 10.9 Å². The maximum Gasteiger partial charge on any atom is 0.312 e. The normalized spacial score (nSPS) is 14.0. The Balaban J connectivity index is 2.82. The number of halogens is 1. The van der Waals surface area contributed by atoms with Gasteiger partial charge in [0.15, 0.2) is 0 Å². The largest absolute Gasteiger partial charge is 0.388 e. The zero-order valence-corrected chi connectivity index (χ0v) is 11.9. The molecular weight excluding hydrogens is 302 g/mol. The first-order valence-electron chi connectivity index (χ1n) is 5.62. The number of pyridine rings is 1. The Morgan fingerprint density at radius 1 is 1.67 bits per heavy atom. The number of nitrogens with one attached hydrogen (secondary N) is 1. The lowest BCUT2D eigenvalue weighted by molar-refractivity contribution is -0.384. The van der Waals surface area contributed by atoms with Gasteiger partial charge in [-0.25, -0.2) is 4.98 Å². The summed E-state index contributed by atoms with van der Waals surface area (Å²) in [6.45, 7) is 3.87. The molecule has 2 N–H and O–H groups in total. The number of rotatable bonds is 6. The summed E-state index contributed by atoms with van der Waals surface area (Å²) >= 11 is 3.14. The van der Waals surface area contributed by atoms with Gasteiger partial charge in [0.25, 0.3) is 0 Å². The Bertz CT molecular complexity index is 438. The average Bonchev–Trinajstić information content (AvgIpc) is 2.27. The molecule has 0 spiro atoms. The number of nitro groups is 1. The molecule has 1 aromatic heterocycles. The molecule has 0 fully saturated rings. The molecule has 1 aromatic rings. The average molecular weight is 318 g/mol. The van der Waals surface area contributed by atoms with E-state index in [1.54, 1.807) is 6.92 Å². The molecule has 1 heterocycles. The fraction of sp³-hybridized carbons (Fsp3) is 0.545. The Kier molecular flexibility index (Phi) is 5.03. The molecule has 0 saturated heterocycles. The maximum atomic E-state index is 10.9. The number of hydrogen-bond acceptors (Lipinski definition) is 5. The van der Waals surface area contributed by atoms with Gasteiger partial charge >= 0.3 is 5.69 Å². The van der Waals surface area contributed by atoms with Crippen molar-refractivity contribution in [1.82, 2.24) is 4.98 Å². The fourth-order valence-electron chi connectivity index (χ4n) is 1.61. The van der Waals surface area contributed by atoms with Crippen LogP contribution in [0.25, 0.3) is 0 Å². The van der Waals surface area contributed by atoms with Gasteiger partial charge in [-0.2, -0.15) is 0 Å². The number of nitrogens with zero attached hydrogens (tertiary/aromatic N) is 2. The summed E-state index contributed by atoms with van der Waals surface area (Å²) in [6, 6.07) is 1.38. The Morgan fingerprint density at radius 3 is 2.89 bits per heavy atom.